The van der Waals surface area contributed by atoms with E-state index in [1.807, 2.05) is 48.5 Å². The largest absolute Gasteiger partial charge is 0.493 e. The number of aromatic nitrogens is 4. The molecule has 0 saturated heterocycles. The number of fused-ring (bicyclic) bond motifs is 2. The Morgan fingerprint density at radius 3 is 1.67 bits per heavy atom. The number of ether oxygens (including phenoxy) is 1. The number of thiazole rings is 1. The lowest BCUT2D eigenvalue weighted by atomic mass is 9.86. The van der Waals surface area contributed by atoms with Gasteiger partial charge in [-0.15, -0.1) is 34.0 Å². The van der Waals surface area contributed by atoms with E-state index in [0.717, 1.165) is 102 Å². The van der Waals surface area contributed by atoms with Crippen molar-refractivity contribution in [3.05, 3.63) is 194 Å². The smallest absolute Gasteiger partial charge is 0.266 e. The van der Waals surface area contributed by atoms with E-state index < -0.39 is 0 Å². The molecule has 11 heteroatoms. The predicted molar refractivity (Wildman–Crippen MR) is 370 cm³/mol. The third-order valence-electron chi connectivity index (χ3n) is 17.9. The van der Waals surface area contributed by atoms with Crippen LogP contribution in [0.1, 0.15) is 83.9 Å². The van der Waals surface area contributed by atoms with E-state index in [4.69, 9.17) is 14.7 Å². The summed E-state index contributed by atoms with van der Waals surface area (Å²) in [6.07, 6.45) is 11.3. The fourth-order valence-corrected chi connectivity index (χ4v) is 16.2. The Bertz CT molecular complexity index is 5180. The van der Waals surface area contributed by atoms with Gasteiger partial charge in [0, 0.05) is 75.4 Å². The number of aromatic amines is 1. The summed E-state index contributed by atoms with van der Waals surface area (Å²) in [6.45, 7) is 10.9. The van der Waals surface area contributed by atoms with Gasteiger partial charge in [-0.2, -0.15) is 10.5 Å². The molecule has 9 aromatic carbocycles. The Morgan fingerprint density at radius 2 is 1.09 bits per heavy atom. The molecule has 14 rings (SSSR count). The lowest BCUT2D eigenvalue weighted by Gasteiger charge is -2.18. The Balaban J connectivity index is 0.945. The molecule has 14 aromatic rings. The summed E-state index contributed by atoms with van der Waals surface area (Å²) in [5, 5.41) is 29.5. The molecule has 5 aromatic heterocycles. The number of hydrogen-bond acceptors (Lipinski definition) is 9. The molecule has 1 N–H and O–H groups in total. The van der Waals surface area contributed by atoms with Gasteiger partial charge >= 0.3 is 0 Å². The fraction of sp³-hybridized carbons (Fsp3) is 0.208. The SMILES string of the molecule is CCCCC(CC)COc1ccc(-c2cc3c4c5c2cccc5c2cccc5c(-c6ccc(-c7ccc(-c8ccc(/C=c9\sc(=C(C#N)C#N)[nH]c9=O)s8)c8nc(-c9ccccc9)c(-c9ccccc9)nc78)s6)cc(c4c52)n3CC(CC)CCCC)cc1. The van der Waals surface area contributed by atoms with Crippen molar-refractivity contribution >= 4 is 111 Å². The van der Waals surface area contributed by atoms with Crippen LogP contribution < -0.4 is 19.5 Å². The average molecular weight is 1200 g/mol. The first-order valence-electron chi connectivity index (χ1n) is 30.9. The molecule has 0 spiro atoms. The third-order valence-corrected chi connectivity index (χ3v) is 21.2. The first kappa shape index (κ1) is 56.6. The predicted octanol–water partition coefficient (Wildman–Crippen LogP) is 19.8. The van der Waals surface area contributed by atoms with Crippen molar-refractivity contribution in [2.75, 3.05) is 6.61 Å². The standard InChI is InChI=1S/C77H64N6O2S3/c1-5-9-19-46(7-3)44-83-62-40-60(48-29-31-52(32-30-48)85-45-47(8-4)20-10-6-2)56-27-17-25-54-55-26-18-28-57-61(41-63(83)71(69(55)57)70(62)68(54)56)66-38-37-65(87-66)59-35-34-58(64-36-33-53(86-64)39-67-76(84)82-77(88-67)51(42-78)43-79)74-75(59)81-73(50-23-15-12-16-24-50)72(80-74)49-21-13-11-14-22-49/h11-18,21-41,46-47H,5-10,19-20,44-45H2,1-4H3,(H,82,84)/b67-39-. The summed E-state index contributed by atoms with van der Waals surface area (Å²) in [4.78, 5) is 31.2. The molecule has 0 aliphatic carbocycles. The summed E-state index contributed by atoms with van der Waals surface area (Å²) in [5.41, 5.74) is 12.8. The van der Waals surface area contributed by atoms with Gasteiger partial charge in [0.1, 0.15) is 22.6 Å². The van der Waals surface area contributed by atoms with Crippen LogP contribution in [-0.4, -0.2) is 26.1 Å². The van der Waals surface area contributed by atoms with E-state index in [1.54, 1.807) is 22.7 Å². The zero-order valence-corrected chi connectivity index (χ0v) is 52.2. The normalized spacial score (nSPS) is 12.8. The summed E-state index contributed by atoms with van der Waals surface area (Å²) in [7, 11) is 0. The molecule has 88 heavy (non-hydrogen) atoms. The van der Waals surface area contributed by atoms with Crippen LogP contribution in [0.5, 0.6) is 5.75 Å². The van der Waals surface area contributed by atoms with E-state index >= 15 is 0 Å². The summed E-state index contributed by atoms with van der Waals surface area (Å²) >= 11 is 4.46. The topological polar surface area (TPSA) is 120 Å². The van der Waals surface area contributed by atoms with Crippen LogP contribution in [-0.2, 0) is 6.54 Å². The minimum atomic E-state index is -0.344. The van der Waals surface area contributed by atoms with Crippen LogP contribution in [0.25, 0.3) is 142 Å². The monoisotopic (exact) mass is 1200 g/mol. The van der Waals surface area contributed by atoms with Gasteiger partial charge in [-0.05, 0) is 112 Å². The van der Waals surface area contributed by atoms with Gasteiger partial charge in [0.15, 0.2) is 5.57 Å². The number of nitrogens with one attached hydrogen (secondary N) is 1. The van der Waals surface area contributed by atoms with Crippen molar-refractivity contribution in [3.63, 3.8) is 0 Å². The molecule has 0 aliphatic rings. The van der Waals surface area contributed by atoms with Gasteiger partial charge in [0.25, 0.3) is 5.56 Å². The number of nitrogens with zero attached hydrogens (tertiary/aromatic N) is 5. The summed E-state index contributed by atoms with van der Waals surface area (Å²) in [6, 6.07) is 65.2. The Morgan fingerprint density at radius 1 is 0.557 bits per heavy atom. The van der Waals surface area contributed by atoms with E-state index in [-0.39, 0.29) is 15.8 Å². The van der Waals surface area contributed by atoms with Crippen LogP contribution in [0, 0.1) is 34.5 Å². The van der Waals surface area contributed by atoms with Crippen molar-refractivity contribution < 1.29 is 4.74 Å². The van der Waals surface area contributed by atoms with Gasteiger partial charge in [-0.1, -0.05) is 188 Å². The maximum atomic E-state index is 13.1. The number of benzene rings is 9. The van der Waals surface area contributed by atoms with E-state index in [9.17, 15) is 15.3 Å². The first-order valence-corrected chi connectivity index (χ1v) is 33.3. The second kappa shape index (κ2) is 24.1. The Hall–Kier alpha value is -9.23. The first-order chi connectivity index (χ1) is 43.3. The van der Waals surface area contributed by atoms with E-state index in [1.165, 1.54) is 114 Å². The van der Waals surface area contributed by atoms with Crippen molar-refractivity contribution in [3.8, 4) is 82.9 Å². The summed E-state index contributed by atoms with van der Waals surface area (Å²) < 4.78 is 9.83. The molecule has 8 nitrogen and oxygen atoms in total. The fourth-order valence-electron chi connectivity index (χ4n) is 13.2. The molecule has 0 aliphatic heterocycles. The van der Waals surface area contributed by atoms with Crippen LogP contribution in [0.3, 0.4) is 0 Å². The highest BCUT2D eigenvalue weighted by atomic mass is 32.1. The van der Waals surface area contributed by atoms with Crippen LogP contribution >= 0.6 is 34.0 Å². The zero-order chi connectivity index (χ0) is 60.0. The van der Waals surface area contributed by atoms with Crippen LogP contribution in [0.4, 0.5) is 0 Å². The Labute approximate surface area is 523 Å². The number of rotatable bonds is 20. The minimum absolute atomic E-state index is 0.121. The maximum Gasteiger partial charge on any atom is 0.266 e. The van der Waals surface area contributed by atoms with Crippen LogP contribution in [0.15, 0.2) is 175 Å². The van der Waals surface area contributed by atoms with Gasteiger partial charge in [0.05, 0.1) is 44.6 Å². The molecular weight excluding hydrogens is 1140 g/mol. The van der Waals surface area contributed by atoms with Crippen molar-refractivity contribution in [1.29, 1.82) is 10.5 Å². The van der Waals surface area contributed by atoms with E-state index in [0.29, 0.717) is 16.4 Å². The molecule has 2 atom stereocenters. The number of nitriles is 2. The molecule has 0 saturated carbocycles. The van der Waals surface area contributed by atoms with Crippen molar-refractivity contribution in [1.82, 2.24) is 19.5 Å². The highest BCUT2D eigenvalue weighted by Gasteiger charge is 2.28. The second-order valence-corrected chi connectivity index (χ2v) is 26.5. The molecular formula is C77H64N6O2S3. The van der Waals surface area contributed by atoms with Crippen LogP contribution in [0.2, 0.25) is 0 Å². The second-order valence-electron chi connectivity index (χ2n) is 23.2. The van der Waals surface area contributed by atoms with Crippen molar-refractivity contribution in [2.24, 2.45) is 11.8 Å². The number of hydrogen-bond donors (Lipinski definition) is 1. The van der Waals surface area contributed by atoms with Gasteiger partial charge < -0.3 is 14.3 Å². The Kier molecular flexibility index (Phi) is 15.5. The lowest BCUT2D eigenvalue weighted by Crippen LogP contribution is -2.19. The highest BCUT2D eigenvalue weighted by molar-refractivity contribution is 7.19. The quantitative estimate of drug-likeness (QED) is 0.0599. The molecule has 2 unspecified atom stereocenters. The lowest BCUT2D eigenvalue weighted by molar-refractivity contribution is 0.233. The maximum absolute atomic E-state index is 13.1. The minimum Gasteiger partial charge on any atom is -0.493 e. The van der Waals surface area contributed by atoms with Crippen molar-refractivity contribution in [2.45, 2.75) is 85.6 Å². The van der Waals surface area contributed by atoms with Gasteiger partial charge in [-0.3, -0.25) is 4.79 Å². The number of H-pyrrole nitrogens is 1. The average Bonchev–Trinajstić information content (AvgIpc) is 1.57. The van der Waals surface area contributed by atoms with Gasteiger partial charge in [-0.25, -0.2) is 9.97 Å². The molecule has 0 fully saturated rings. The molecule has 5 heterocycles. The van der Waals surface area contributed by atoms with Gasteiger partial charge in [0.2, 0.25) is 0 Å². The van der Waals surface area contributed by atoms with E-state index in [2.05, 4.69) is 177 Å². The third kappa shape index (κ3) is 10.1. The molecule has 0 amide bonds. The summed E-state index contributed by atoms with van der Waals surface area (Å²) in [5.74, 6) is 2.01. The molecule has 432 valence electrons. The highest BCUT2D eigenvalue weighted by Crippen LogP contribution is 2.52. The molecule has 0 radical (unpaired) electrons. The molecule has 0 bridgehead atoms. The number of unbranched alkanes of at least 4 members (excludes halogenated alkanes) is 2. The zero-order valence-electron chi connectivity index (χ0n) is 49.7. The number of thiophene rings is 2.